The SMILES string of the molecule is c1cncc(C2CCCN2c2nnc(C3CC3)o2)c1. The molecule has 19 heavy (non-hydrogen) atoms. The molecule has 1 aliphatic heterocycles. The number of hydrogen-bond donors (Lipinski definition) is 0. The van der Waals surface area contributed by atoms with Crippen LogP contribution in [0.1, 0.15) is 49.1 Å². The van der Waals surface area contributed by atoms with Gasteiger partial charge in [0.15, 0.2) is 0 Å². The molecule has 4 rings (SSSR count). The molecule has 0 aromatic carbocycles. The molecule has 1 saturated heterocycles. The Kier molecular flexibility index (Phi) is 2.50. The first kappa shape index (κ1) is 11.0. The molecule has 98 valence electrons. The predicted octanol–water partition coefficient (Wildman–Crippen LogP) is 2.68. The van der Waals surface area contributed by atoms with Gasteiger partial charge >= 0.3 is 6.01 Å². The Morgan fingerprint density at radius 3 is 2.95 bits per heavy atom. The Morgan fingerprint density at radius 1 is 1.21 bits per heavy atom. The van der Waals surface area contributed by atoms with Gasteiger partial charge in [-0.25, -0.2) is 0 Å². The Labute approximate surface area is 111 Å². The van der Waals surface area contributed by atoms with Gasteiger partial charge in [-0.3, -0.25) is 4.98 Å². The van der Waals surface area contributed by atoms with Gasteiger partial charge in [0.05, 0.1) is 6.04 Å². The van der Waals surface area contributed by atoms with Crippen molar-refractivity contribution in [2.45, 2.75) is 37.6 Å². The van der Waals surface area contributed by atoms with Crippen LogP contribution in [0.15, 0.2) is 28.9 Å². The summed E-state index contributed by atoms with van der Waals surface area (Å²) in [6.45, 7) is 0.978. The molecule has 1 atom stereocenters. The molecule has 5 nitrogen and oxygen atoms in total. The smallest absolute Gasteiger partial charge is 0.318 e. The summed E-state index contributed by atoms with van der Waals surface area (Å²) in [4.78, 5) is 6.43. The zero-order valence-electron chi connectivity index (χ0n) is 10.7. The minimum absolute atomic E-state index is 0.321. The third-order valence-corrected chi connectivity index (χ3v) is 3.92. The van der Waals surface area contributed by atoms with Crippen LogP contribution in [0.2, 0.25) is 0 Å². The molecule has 2 aromatic heterocycles. The highest BCUT2D eigenvalue weighted by Crippen LogP contribution is 2.41. The molecule has 0 amide bonds. The zero-order chi connectivity index (χ0) is 12.7. The van der Waals surface area contributed by atoms with Crippen LogP contribution in [0.4, 0.5) is 6.01 Å². The van der Waals surface area contributed by atoms with Crippen LogP contribution in [-0.4, -0.2) is 21.7 Å². The highest BCUT2D eigenvalue weighted by molar-refractivity contribution is 5.34. The summed E-state index contributed by atoms with van der Waals surface area (Å²) >= 11 is 0. The Hall–Kier alpha value is -1.91. The van der Waals surface area contributed by atoms with Crippen molar-refractivity contribution in [3.63, 3.8) is 0 Å². The number of aromatic nitrogens is 3. The highest BCUT2D eigenvalue weighted by atomic mass is 16.4. The maximum Gasteiger partial charge on any atom is 0.318 e. The lowest BCUT2D eigenvalue weighted by atomic mass is 10.1. The molecule has 0 N–H and O–H groups in total. The fourth-order valence-corrected chi connectivity index (χ4v) is 2.75. The summed E-state index contributed by atoms with van der Waals surface area (Å²) in [5, 5.41) is 8.40. The Bertz CT molecular complexity index is 564. The van der Waals surface area contributed by atoms with Crippen molar-refractivity contribution in [3.8, 4) is 0 Å². The van der Waals surface area contributed by atoms with Crippen LogP contribution in [0.5, 0.6) is 0 Å². The maximum atomic E-state index is 5.83. The molecule has 3 heterocycles. The minimum Gasteiger partial charge on any atom is -0.408 e. The lowest BCUT2D eigenvalue weighted by Gasteiger charge is -2.22. The van der Waals surface area contributed by atoms with Gasteiger partial charge in [-0.05, 0) is 37.3 Å². The van der Waals surface area contributed by atoms with Gasteiger partial charge < -0.3 is 9.32 Å². The summed E-state index contributed by atoms with van der Waals surface area (Å²) in [6.07, 6.45) is 8.39. The largest absolute Gasteiger partial charge is 0.408 e. The van der Waals surface area contributed by atoms with Crippen LogP contribution in [0, 0.1) is 0 Å². The fraction of sp³-hybridized carbons (Fsp3) is 0.500. The van der Waals surface area contributed by atoms with Crippen molar-refractivity contribution in [2.75, 3.05) is 11.4 Å². The van der Waals surface area contributed by atoms with Gasteiger partial charge in [0.1, 0.15) is 0 Å². The molecule has 1 saturated carbocycles. The summed E-state index contributed by atoms with van der Waals surface area (Å²) in [5.74, 6) is 1.33. The zero-order valence-corrected chi connectivity index (χ0v) is 10.7. The molecule has 2 aliphatic rings. The van der Waals surface area contributed by atoms with E-state index < -0.39 is 0 Å². The average Bonchev–Trinajstić information content (AvgIpc) is 3.02. The van der Waals surface area contributed by atoms with E-state index in [2.05, 4.69) is 26.1 Å². The van der Waals surface area contributed by atoms with E-state index in [1.807, 2.05) is 12.3 Å². The molecule has 1 aliphatic carbocycles. The van der Waals surface area contributed by atoms with E-state index in [9.17, 15) is 0 Å². The number of hydrogen-bond acceptors (Lipinski definition) is 5. The molecular weight excluding hydrogens is 240 g/mol. The van der Waals surface area contributed by atoms with E-state index in [4.69, 9.17) is 4.42 Å². The van der Waals surface area contributed by atoms with E-state index >= 15 is 0 Å². The van der Waals surface area contributed by atoms with Crippen molar-refractivity contribution in [1.29, 1.82) is 0 Å². The Morgan fingerprint density at radius 2 is 2.16 bits per heavy atom. The lowest BCUT2D eigenvalue weighted by molar-refractivity contribution is 0.480. The van der Waals surface area contributed by atoms with Crippen molar-refractivity contribution in [1.82, 2.24) is 15.2 Å². The molecule has 0 bridgehead atoms. The predicted molar refractivity (Wildman–Crippen MR) is 69.8 cm³/mol. The van der Waals surface area contributed by atoms with Crippen molar-refractivity contribution >= 4 is 6.01 Å². The molecule has 2 aromatic rings. The van der Waals surface area contributed by atoms with E-state index in [0.717, 1.165) is 25.3 Å². The topological polar surface area (TPSA) is 55.1 Å². The molecule has 2 fully saturated rings. The van der Waals surface area contributed by atoms with Crippen LogP contribution < -0.4 is 4.90 Å². The van der Waals surface area contributed by atoms with Gasteiger partial charge in [-0.15, -0.1) is 5.10 Å². The monoisotopic (exact) mass is 256 g/mol. The second-order valence-corrected chi connectivity index (χ2v) is 5.33. The minimum atomic E-state index is 0.321. The van der Waals surface area contributed by atoms with Gasteiger partial charge in [0.25, 0.3) is 0 Å². The van der Waals surface area contributed by atoms with Crippen LogP contribution in [-0.2, 0) is 0 Å². The molecule has 1 unspecified atom stereocenters. The van der Waals surface area contributed by atoms with Crippen molar-refractivity contribution < 1.29 is 4.42 Å². The van der Waals surface area contributed by atoms with E-state index in [0.29, 0.717) is 18.0 Å². The van der Waals surface area contributed by atoms with Crippen LogP contribution in [0.3, 0.4) is 0 Å². The summed E-state index contributed by atoms with van der Waals surface area (Å²) < 4.78 is 5.83. The quantitative estimate of drug-likeness (QED) is 0.845. The maximum absolute atomic E-state index is 5.83. The van der Waals surface area contributed by atoms with E-state index in [1.54, 1.807) is 6.20 Å². The van der Waals surface area contributed by atoms with E-state index in [1.165, 1.54) is 18.4 Å². The first-order valence-corrected chi connectivity index (χ1v) is 6.92. The number of rotatable bonds is 3. The lowest BCUT2D eigenvalue weighted by Crippen LogP contribution is -2.22. The first-order valence-electron chi connectivity index (χ1n) is 6.92. The number of nitrogens with zero attached hydrogens (tertiary/aromatic N) is 4. The van der Waals surface area contributed by atoms with Crippen LogP contribution >= 0.6 is 0 Å². The van der Waals surface area contributed by atoms with Gasteiger partial charge in [-0.1, -0.05) is 11.2 Å². The highest BCUT2D eigenvalue weighted by Gasteiger charge is 2.33. The molecular formula is C14H16N4O. The Balaban J connectivity index is 1.61. The normalized spacial score (nSPS) is 22.9. The second-order valence-electron chi connectivity index (χ2n) is 5.33. The fourth-order valence-electron chi connectivity index (χ4n) is 2.75. The van der Waals surface area contributed by atoms with Gasteiger partial charge in [-0.2, -0.15) is 0 Å². The van der Waals surface area contributed by atoms with E-state index in [-0.39, 0.29) is 0 Å². The molecule has 0 spiro atoms. The standard InChI is InChI=1S/C14H16N4O/c1-3-11(9-15-7-1)12-4-2-8-18(12)14-17-16-13(19-14)10-5-6-10/h1,3,7,9-10,12H,2,4-6,8H2. The molecule has 0 radical (unpaired) electrons. The first-order chi connectivity index (χ1) is 9.42. The number of pyridine rings is 1. The van der Waals surface area contributed by atoms with Gasteiger partial charge in [0.2, 0.25) is 5.89 Å². The summed E-state index contributed by atoms with van der Waals surface area (Å²) in [5.41, 5.74) is 1.23. The van der Waals surface area contributed by atoms with Gasteiger partial charge in [0, 0.05) is 24.9 Å². The van der Waals surface area contributed by atoms with Crippen LogP contribution in [0.25, 0.3) is 0 Å². The summed E-state index contributed by atoms with van der Waals surface area (Å²) in [6, 6.07) is 5.10. The van der Waals surface area contributed by atoms with Crippen molar-refractivity contribution in [3.05, 3.63) is 36.0 Å². The second kappa shape index (κ2) is 4.33. The average molecular weight is 256 g/mol. The number of anilines is 1. The third-order valence-electron chi connectivity index (χ3n) is 3.92. The summed E-state index contributed by atoms with van der Waals surface area (Å²) in [7, 11) is 0. The molecule has 5 heteroatoms. The van der Waals surface area contributed by atoms with Crippen molar-refractivity contribution in [2.24, 2.45) is 0 Å². The third kappa shape index (κ3) is 1.99.